The van der Waals surface area contributed by atoms with Crippen molar-refractivity contribution < 1.29 is 18.9 Å². The Hall–Kier alpha value is 0.380. The minimum absolute atomic E-state index is 0.357. The Morgan fingerprint density at radius 1 is 0.786 bits per heavy atom. The topological polar surface area (TPSA) is 74.6 Å². The van der Waals surface area contributed by atoms with Crippen molar-refractivity contribution in [3.63, 3.8) is 0 Å². The van der Waals surface area contributed by atoms with E-state index in [9.17, 15) is 9.13 Å². The summed E-state index contributed by atoms with van der Waals surface area (Å²) in [5.41, 5.74) is 0. The van der Waals surface area contributed by atoms with Crippen molar-refractivity contribution in [2.24, 2.45) is 0 Å². The minimum Gasteiger partial charge on any atom is -0.344 e. The van der Waals surface area contributed by atoms with Crippen LogP contribution in [-0.2, 0) is 9.13 Å². The van der Waals surface area contributed by atoms with E-state index in [1.54, 1.807) is 0 Å². The molecule has 14 heavy (non-hydrogen) atoms. The van der Waals surface area contributed by atoms with E-state index >= 15 is 0 Å². The Bertz CT molecular complexity index is 214. The van der Waals surface area contributed by atoms with Crippen molar-refractivity contribution in [2.45, 2.75) is 25.7 Å². The second kappa shape index (κ2) is 6.07. The van der Waals surface area contributed by atoms with Gasteiger partial charge in [-0.15, -0.1) is 0 Å². The Kier molecular flexibility index (Phi) is 6.24. The molecule has 0 aliphatic heterocycles. The first kappa shape index (κ1) is 14.4. The number of hydrogen-bond donors (Lipinski definition) is 2. The lowest BCUT2D eigenvalue weighted by Gasteiger charge is -2.06. The van der Waals surface area contributed by atoms with Crippen molar-refractivity contribution in [3.05, 3.63) is 0 Å². The van der Waals surface area contributed by atoms with Crippen molar-refractivity contribution >= 4 is 14.7 Å². The van der Waals surface area contributed by atoms with Gasteiger partial charge in [0.05, 0.1) is 0 Å². The quantitative estimate of drug-likeness (QED) is 0.530. The lowest BCUT2D eigenvalue weighted by Crippen LogP contribution is -1.90. The first-order valence-corrected chi connectivity index (χ1v) is 9.38. The van der Waals surface area contributed by atoms with Crippen molar-refractivity contribution in [3.8, 4) is 0 Å². The Balaban J connectivity index is 3.32. The summed E-state index contributed by atoms with van der Waals surface area (Å²) >= 11 is 0. The molecule has 0 aliphatic rings. The molecule has 0 radical (unpaired) electrons. The fourth-order valence-corrected chi connectivity index (χ4v) is 2.78. The fraction of sp³-hybridized carbons (Fsp3) is 1.00. The van der Waals surface area contributed by atoms with Crippen LogP contribution < -0.4 is 0 Å². The highest BCUT2D eigenvalue weighted by atomic mass is 31.2. The molecule has 0 saturated heterocycles. The molecule has 0 amide bonds. The van der Waals surface area contributed by atoms with Gasteiger partial charge < -0.3 is 9.79 Å². The summed E-state index contributed by atoms with van der Waals surface area (Å²) in [6.07, 6.45) is 3.88. The molecular weight excluding hydrogens is 222 g/mol. The van der Waals surface area contributed by atoms with E-state index in [0.29, 0.717) is 12.3 Å². The molecule has 0 spiro atoms. The lowest BCUT2D eigenvalue weighted by molar-refractivity contribution is 0.476. The van der Waals surface area contributed by atoms with Gasteiger partial charge in [0.15, 0.2) is 14.7 Å². The molecule has 4 nitrogen and oxygen atoms in total. The molecule has 0 bridgehead atoms. The largest absolute Gasteiger partial charge is 0.344 e. The first-order valence-electron chi connectivity index (χ1n) is 4.79. The summed E-state index contributed by atoms with van der Waals surface area (Å²) in [4.78, 5) is 17.9. The van der Waals surface area contributed by atoms with Crippen LogP contribution in [0, 0.1) is 0 Å². The van der Waals surface area contributed by atoms with Crippen molar-refractivity contribution in [2.75, 3.05) is 25.7 Å². The van der Waals surface area contributed by atoms with Gasteiger partial charge in [0.1, 0.15) is 0 Å². The van der Waals surface area contributed by atoms with Crippen LogP contribution in [0.1, 0.15) is 25.7 Å². The van der Waals surface area contributed by atoms with E-state index < -0.39 is 14.7 Å². The van der Waals surface area contributed by atoms with Gasteiger partial charge >= 0.3 is 0 Å². The molecule has 2 N–H and O–H groups in total. The van der Waals surface area contributed by atoms with E-state index in [4.69, 9.17) is 9.79 Å². The fourth-order valence-electron chi connectivity index (χ4n) is 1.16. The van der Waals surface area contributed by atoms with E-state index in [0.717, 1.165) is 25.7 Å². The van der Waals surface area contributed by atoms with Crippen LogP contribution >= 0.6 is 14.7 Å². The Labute approximate surface area is 85.6 Å². The highest BCUT2D eigenvalue weighted by Gasteiger charge is 2.10. The Morgan fingerprint density at radius 3 is 1.29 bits per heavy atom. The van der Waals surface area contributed by atoms with Crippen molar-refractivity contribution in [1.82, 2.24) is 0 Å². The van der Waals surface area contributed by atoms with Gasteiger partial charge in [0.25, 0.3) is 0 Å². The summed E-state index contributed by atoms with van der Waals surface area (Å²) in [6.45, 7) is 2.72. The number of rotatable bonds is 7. The van der Waals surface area contributed by atoms with Crippen LogP contribution in [0.25, 0.3) is 0 Å². The van der Waals surface area contributed by atoms with Crippen LogP contribution in [0.2, 0.25) is 0 Å². The molecule has 0 rings (SSSR count). The van der Waals surface area contributed by atoms with Crippen LogP contribution in [0.5, 0.6) is 0 Å². The predicted molar refractivity (Wildman–Crippen MR) is 59.7 cm³/mol. The Morgan fingerprint density at radius 2 is 1.07 bits per heavy atom. The molecule has 0 fully saturated rings. The number of hydrogen-bond acceptors (Lipinski definition) is 2. The lowest BCUT2D eigenvalue weighted by atomic mass is 10.2. The monoisotopic (exact) mass is 242 g/mol. The van der Waals surface area contributed by atoms with E-state index in [1.165, 1.54) is 13.3 Å². The maximum Gasteiger partial charge on any atom is 0.197 e. The smallest absolute Gasteiger partial charge is 0.197 e. The maximum absolute atomic E-state index is 10.9. The minimum atomic E-state index is -2.85. The first-order chi connectivity index (χ1) is 6.21. The maximum atomic E-state index is 10.9. The van der Waals surface area contributed by atoms with Crippen LogP contribution in [0.4, 0.5) is 0 Å². The van der Waals surface area contributed by atoms with Gasteiger partial charge in [-0.1, -0.05) is 12.8 Å². The van der Waals surface area contributed by atoms with Gasteiger partial charge in [0.2, 0.25) is 0 Å². The zero-order valence-electron chi connectivity index (χ0n) is 8.85. The highest BCUT2D eigenvalue weighted by molar-refractivity contribution is 7.57. The summed E-state index contributed by atoms with van der Waals surface area (Å²) in [5.74, 6) is 0. The molecular formula is C8H20O4P2. The SMILES string of the molecule is CP(=O)(O)CCCCCCP(C)(=O)O. The summed E-state index contributed by atoms with van der Waals surface area (Å²) < 4.78 is 21.8. The average molecular weight is 242 g/mol. The molecule has 2 atom stereocenters. The second-order valence-electron chi connectivity index (χ2n) is 3.96. The number of unbranched alkanes of at least 4 members (excludes halogenated alkanes) is 3. The predicted octanol–water partition coefficient (Wildman–Crippen LogP) is 2.35. The zero-order chi connectivity index (χ0) is 11.2. The van der Waals surface area contributed by atoms with Gasteiger partial charge in [-0.05, 0) is 12.8 Å². The van der Waals surface area contributed by atoms with E-state index in [2.05, 4.69) is 0 Å². The molecule has 0 aromatic carbocycles. The summed E-state index contributed by atoms with van der Waals surface area (Å²) in [6, 6.07) is 0. The third-order valence-electron chi connectivity index (χ3n) is 1.90. The van der Waals surface area contributed by atoms with Gasteiger partial charge in [-0.3, -0.25) is 9.13 Å². The van der Waals surface area contributed by atoms with Crippen LogP contribution in [0.15, 0.2) is 0 Å². The molecule has 0 saturated carbocycles. The van der Waals surface area contributed by atoms with Crippen LogP contribution in [-0.4, -0.2) is 35.4 Å². The third-order valence-corrected chi connectivity index (χ3v) is 4.19. The molecule has 0 aromatic rings. The van der Waals surface area contributed by atoms with Gasteiger partial charge in [0, 0.05) is 25.7 Å². The standard InChI is InChI=1S/C8H20O4P2/c1-13(9,10)7-5-3-4-6-8-14(2,11)12/h3-8H2,1-2H3,(H,9,10)(H,11,12). The average Bonchev–Trinajstić information content (AvgIpc) is 1.92. The molecule has 0 aliphatic carbocycles. The van der Waals surface area contributed by atoms with Crippen molar-refractivity contribution in [1.29, 1.82) is 0 Å². The normalized spacial score (nSPS) is 20.0. The van der Waals surface area contributed by atoms with E-state index in [1.807, 2.05) is 0 Å². The van der Waals surface area contributed by atoms with Crippen LogP contribution in [0.3, 0.4) is 0 Å². The van der Waals surface area contributed by atoms with Gasteiger partial charge in [-0.25, -0.2) is 0 Å². The second-order valence-corrected chi connectivity index (χ2v) is 9.06. The molecule has 2 unspecified atom stereocenters. The molecule has 0 heterocycles. The molecule has 86 valence electrons. The molecule has 0 aromatic heterocycles. The summed E-state index contributed by atoms with van der Waals surface area (Å²) in [5, 5.41) is 0. The third kappa shape index (κ3) is 12.4. The highest BCUT2D eigenvalue weighted by Crippen LogP contribution is 2.37. The molecule has 6 heteroatoms. The zero-order valence-corrected chi connectivity index (χ0v) is 10.6. The summed E-state index contributed by atoms with van der Waals surface area (Å²) in [7, 11) is -5.70. The van der Waals surface area contributed by atoms with E-state index in [-0.39, 0.29) is 0 Å². The van der Waals surface area contributed by atoms with Gasteiger partial charge in [-0.2, -0.15) is 0 Å².